The molecule has 0 spiro atoms. The fraction of sp³-hybridized carbons (Fsp3) is 0.0714. The SMILES string of the molecule is O=C(CNc1ccccc1)N/N=C/c1c(Cl)cncc1Cl. The molecule has 0 aliphatic heterocycles. The van der Waals surface area contributed by atoms with Gasteiger partial charge < -0.3 is 5.32 Å². The molecule has 0 bridgehead atoms. The van der Waals surface area contributed by atoms with Gasteiger partial charge in [-0.2, -0.15) is 5.10 Å². The van der Waals surface area contributed by atoms with E-state index in [2.05, 4.69) is 20.8 Å². The van der Waals surface area contributed by atoms with E-state index in [-0.39, 0.29) is 12.5 Å². The van der Waals surface area contributed by atoms with Crippen LogP contribution in [0.15, 0.2) is 47.8 Å². The fourth-order valence-electron chi connectivity index (χ4n) is 1.49. The Hall–Kier alpha value is -2.11. The number of nitrogens with one attached hydrogen (secondary N) is 2. The molecule has 0 aliphatic rings. The highest BCUT2D eigenvalue weighted by Gasteiger charge is 2.03. The summed E-state index contributed by atoms with van der Waals surface area (Å²) >= 11 is 11.8. The Morgan fingerprint density at radius 1 is 1.19 bits per heavy atom. The summed E-state index contributed by atoms with van der Waals surface area (Å²) in [6, 6.07) is 9.40. The number of para-hydroxylation sites is 1. The quantitative estimate of drug-likeness (QED) is 0.657. The van der Waals surface area contributed by atoms with Crippen molar-refractivity contribution in [3.05, 3.63) is 58.3 Å². The Balaban J connectivity index is 1.85. The third kappa shape index (κ3) is 4.73. The number of halogens is 2. The van der Waals surface area contributed by atoms with Gasteiger partial charge in [-0.1, -0.05) is 41.4 Å². The molecular weight excluding hydrogens is 311 g/mol. The molecule has 0 aliphatic carbocycles. The van der Waals surface area contributed by atoms with Crippen LogP contribution in [0.2, 0.25) is 10.0 Å². The number of carbonyl (C=O) groups excluding carboxylic acids is 1. The molecule has 0 radical (unpaired) electrons. The number of hydrogen-bond donors (Lipinski definition) is 2. The maximum Gasteiger partial charge on any atom is 0.259 e. The smallest absolute Gasteiger partial charge is 0.259 e. The molecule has 108 valence electrons. The molecule has 0 saturated carbocycles. The van der Waals surface area contributed by atoms with Gasteiger partial charge in [0.1, 0.15) is 0 Å². The molecule has 1 aromatic heterocycles. The predicted molar refractivity (Wildman–Crippen MR) is 84.9 cm³/mol. The number of hydrogen-bond acceptors (Lipinski definition) is 4. The summed E-state index contributed by atoms with van der Waals surface area (Å²) in [5.41, 5.74) is 3.75. The van der Waals surface area contributed by atoms with E-state index in [4.69, 9.17) is 23.2 Å². The van der Waals surface area contributed by atoms with E-state index in [1.165, 1.54) is 18.6 Å². The molecular formula is C14H12Cl2N4O. The molecule has 1 heterocycles. The Kier molecular flexibility index (Phi) is 5.54. The summed E-state index contributed by atoms with van der Waals surface area (Å²) in [6.07, 6.45) is 4.29. The first-order valence-corrected chi connectivity index (χ1v) is 6.82. The highest BCUT2D eigenvalue weighted by Crippen LogP contribution is 2.20. The minimum atomic E-state index is -0.281. The second-order valence-electron chi connectivity index (χ2n) is 4.03. The third-order valence-electron chi connectivity index (χ3n) is 2.50. The van der Waals surface area contributed by atoms with Crippen molar-refractivity contribution in [1.82, 2.24) is 10.4 Å². The van der Waals surface area contributed by atoms with Gasteiger partial charge in [0, 0.05) is 23.6 Å². The number of nitrogens with zero attached hydrogens (tertiary/aromatic N) is 2. The van der Waals surface area contributed by atoms with Gasteiger partial charge in [-0.3, -0.25) is 9.78 Å². The Bertz CT molecular complexity index is 626. The second-order valence-corrected chi connectivity index (χ2v) is 4.84. The van der Waals surface area contributed by atoms with Crippen LogP contribution in [0, 0.1) is 0 Å². The number of hydrazone groups is 1. The number of aromatic nitrogens is 1. The topological polar surface area (TPSA) is 66.4 Å². The van der Waals surface area contributed by atoms with Crippen molar-refractivity contribution >= 4 is 41.0 Å². The van der Waals surface area contributed by atoms with E-state index >= 15 is 0 Å². The normalized spacial score (nSPS) is 10.6. The van der Waals surface area contributed by atoms with Crippen molar-refractivity contribution in [2.24, 2.45) is 5.10 Å². The highest BCUT2D eigenvalue weighted by atomic mass is 35.5. The lowest BCUT2D eigenvalue weighted by atomic mass is 10.3. The van der Waals surface area contributed by atoms with Gasteiger partial charge in [0.25, 0.3) is 5.91 Å². The van der Waals surface area contributed by atoms with Gasteiger partial charge in [-0.25, -0.2) is 5.43 Å². The monoisotopic (exact) mass is 322 g/mol. The van der Waals surface area contributed by atoms with Crippen LogP contribution < -0.4 is 10.7 Å². The maximum absolute atomic E-state index is 11.6. The van der Waals surface area contributed by atoms with Crippen LogP contribution in [-0.2, 0) is 4.79 Å². The first-order chi connectivity index (χ1) is 10.2. The molecule has 2 N–H and O–H groups in total. The van der Waals surface area contributed by atoms with E-state index in [0.717, 1.165) is 5.69 Å². The van der Waals surface area contributed by atoms with Crippen molar-refractivity contribution in [3.8, 4) is 0 Å². The van der Waals surface area contributed by atoms with Crippen molar-refractivity contribution in [3.63, 3.8) is 0 Å². The lowest BCUT2D eigenvalue weighted by Crippen LogP contribution is -2.25. The van der Waals surface area contributed by atoms with Crippen molar-refractivity contribution in [1.29, 1.82) is 0 Å². The number of benzene rings is 1. The fourth-order valence-corrected chi connectivity index (χ4v) is 1.95. The zero-order valence-electron chi connectivity index (χ0n) is 10.9. The summed E-state index contributed by atoms with van der Waals surface area (Å²) in [4.78, 5) is 15.4. The first-order valence-electron chi connectivity index (χ1n) is 6.06. The summed E-state index contributed by atoms with van der Waals surface area (Å²) in [6.45, 7) is 0.110. The van der Waals surface area contributed by atoms with Gasteiger partial charge >= 0.3 is 0 Å². The van der Waals surface area contributed by atoms with Crippen LogP contribution in [0.3, 0.4) is 0 Å². The standard InChI is InChI=1S/C14H12Cl2N4O/c15-12-7-17-8-13(16)11(12)6-19-20-14(21)9-18-10-4-2-1-3-5-10/h1-8,18H,9H2,(H,20,21)/b19-6+. The van der Waals surface area contributed by atoms with Crippen LogP contribution in [0.25, 0.3) is 0 Å². The van der Waals surface area contributed by atoms with Gasteiger partial charge in [0.05, 0.1) is 22.8 Å². The highest BCUT2D eigenvalue weighted by molar-refractivity contribution is 6.38. The van der Waals surface area contributed by atoms with Crippen LogP contribution in [-0.4, -0.2) is 23.7 Å². The minimum absolute atomic E-state index is 0.110. The molecule has 0 fully saturated rings. The van der Waals surface area contributed by atoms with E-state index in [0.29, 0.717) is 15.6 Å². The van der Waals surface area contributed by atoms with Crippen LogP contribution in [0.4, 0.5) is 5.69 Å². The van der Waals surface area contributed by atoms with E-state index in [1.807, 2.05) is 30.3 Å². The van der Waals surface area contributed by atoms with E-state index < -0.39 is 0 Å². The number of amides is 1. The van der Waals surface area contributed by atoms with Gasteiger partial charge in [-0.15, -0.1) is 0 Å². The number of anilines is 1. The van der Waals surface area contributed by atoms with Gasteiger partial charge in [0.15, 0.2) is 0 Å². The van der Waals surface area contributed by atoms with Crippen molar-refractivity contribution in [2.75, 3.05) is 11.9 Å². The Morgan fingerprint density at radius 3 is 2.52 bits per heavy atom. The molecule has 0 saturated heterocycles. The second kappa shape index (κ2) is 7.61. The number of rotatable bonds is 5. The average Bonchev–Trinajstić information content (AvgIpc) is 2.49. The average molecular weight is 323 g/mol. The van der Waals surface area contributed by atoms with E-state index in [1.54, 1.807) is 0 Å². The molecule has 0 unspecified atom stereocenters. The first kappa shape index (κ1) is 15.3. The largest absolute Gasteiger partial charge is 0.376 e. The predicted octanol–water partition coefficient (Wildman–Crippen LogP) is 2.95. The zero-order valence-corrected chi connectivity index (χ0v) is 12.4. The molecule has 2 aromatic rings. The summed E-state index contributed by atoms with van der Waals surface area (Å²) < 4.78 is 0. The number of pyridine rings is 1. The third-order valence-corrected chi connectivity index (χ3v) is 3.10. The zero-order chi connectivity index (χ0) is 15.1. The maximum atomic E-state index is 11.6. The lowest BCUT2D eigenvalue weighted by Gasteiger charge is -2.04. The van der Waals surface area contributed by atoms with Crippen molar-refractivity contribution < 1.29 is 4.79 Å². The van der Waals surface area contributed by atoms with Crippen LogP contribution in [0.5, 0.6) is 0 Å². The lowest BCUT2D eigenvalue weighted by molar-refractivity contribution is -0.119. The minimum Gasteiger partial charge on any atom is -0.376 e. The Labute approximate surface area is 132 Å². The number of carbonyl (C=O) groups is 1. The molecule has 2 rings (SSSR count). The molecule has 1 aromatic carbocycles. The molecule has 1 amide bonds. The summed E-state index contributed by atoms with van der Waals surface area (Å²) in [7, 11) is 0. The van der Waals surface area contributed by atoms with Crippen LogP contribution >= 0.6 is 23.2 Å². The van der Waals surface area contributed by atoms with Crippen LogP contribution in [0.1, 0.15) is 5.56 Å². The molecule has 21 heavy (non-hydrogen) atoms. The molecule has 0 atom stereocenters. The molecule has 5 nitrogen and oxygen atoms in total. The van der Waals surface area contributed by atoms with Crippen molar-refractivity contribution in [2.45, 2.75) is 0 Å². The molecule has 7 heteroatoms. The van der Waals surface area contributed by atoms with Gasteiger partial charge in [-0.05, 0) is 12.1 Å². The summed E-state index contributed by atoms with van der Waals surface area (Å²) in [5.74, 6) is -0.281. The van der Waals surface area contributed by atoms with Gasteiger partial charge in [0.2, 0.25) is 0 Å². The van der Waals surface area contributed by atoms with E-state index in [9.17, 15) is 4.79 Å². The summed E-state index contributed by atoms with van der Waals surface area (Å²) in [5, 5.41) is 7.51. The Morgan fingerprint density at radius 2 is 1.86 bits per heavy atom.